The first-order valence-electron chi connectivity index (χ1n) is 4.76. The molecule has 1 rings (SSSR count). The normalized spacial score (nSPS) is 24.2. The van der Waals surface area contributed by atoms with E-state index in [0.29, 0.717) is 18.4 Å². The van der Waals surface area contributed by atoms with Crippen molar-refractivity contribution in [3.63, 3.8) is 0 Å². The molecule has 1 atom stereocenters. The maximum absolute atomic E-state index is 11.5. The number of amides is 1. The molecule has 0 unspecified atom stereocenters. The van der Waals surface area contributed by atoms with Gasteiger partial charge in [-0.25, -0.2) is 0 Å². The number of piperazine rings is 1. The van der Waals surface area contributed by atoms with Crippen LogP contribution in [0.5, 0.6) is 0 Å². The molecule has 0 saturated carbocycles. The van der Waals surface area contributed by atoms with E-state index in [0.717, 1.165) is 26.1 Å². The van der Waals surface area contributed by atoms with E-state index >= 15 is 0 Å². The first-order valence-corrected chi connectivity index (χ1v) is 4.76. The van der Waals surface area contributed by atoms with Crippen LogP contribution in [0.3, 0.4) is 0 Å². The van der Waals surface area contributed by atoms with Gasteiger partial charge in [-0.15, -0.1) is 0 Å². The summed E-state index contributed by atoms with van der Waals surface area (Å²) in [5.74, 6) is 0.312. The number of nitrogens with one attached hydrogen (secondary N) is 1. The van der Waals surface area contributed by atoms with Crippen molar-refractivity contribution in [1.82, 2.24) is 10.2 Å². The van der Waals surface area contributed by atoms with Crippen molar-refractivity contribution in [2.24, 2.45) is 0 Å². The molecule has 0 aliphatic carbocycles. The molecule has 12 heavy (non-hydrogen) atoms. The molecule has 3 nitrogen and oxygen atoms in total. The predicted octanol–water partition coefficient (Wildman–Crippen LogP) is 0.607. The van der Waals surface area contributed by atoms with Gasteiger partial charge < -0.3 is 10.2 Å². The van der Waals surface area contributed by atoms with Crippen LogP contribution < -0.4 is 5.32 Å². The minimum atomic E-state index is 0.312. The van der Waals surface area contributed by atoms with Crippen LogP contribution in [-0.2, 0) is 4.79 Å². The Kier molecular flexibility index (Phi) is 3.53. The van der Waals surface area contributed by atoms with Crippen LogP contribution in [0.15, 0.2) is 0 Å². The van der Waals surface area contributed by atoms with E-state index in [-0.39, 0.29) is 0 Å². The molecule has 70 valence electrons. The Morgan fingerprint density at radius 1 is 1.67 bits per heavy atom. The highest BCUT2D eigenvalue weighted by atomic mass is 16.2. The average molecular weight is 170 g/mol. The largest absolute Gasteiger partial charge is 0.337 e. The van der Waals surface area contributed by atoms with Crippen molar-refractivity contribution in [3.8, 4) is 0 Å². The Morgan fingerprint density at radius 2 is 2.42 bits per heavy atom. The molecular formula is C9H18N2O. The van der Waals surface area contributed by atoms with E-state index in [1.807, 2.05) is 11.8 Å². The second kappa shape index (κ2) is 4.45. The molecule has 1 aliphatic heterocycles. The Hall–Kier alpha value is -0.570. The lowest BCUT2D eigenvalue weighted by Gasteiger charge is -2.34. The van der Waals surface area contributed by atoms with Gasteiger partial charge in [0.25, 0.3) is 0 Å². The summed E-state index contributed by atoms with van der Waals surface area (Å²) in [7, 11) is 0. The molecule has 0 spiro atoms. The molecular weight excluding hydrogens is 152 g/mol. The first-order chi connectivity index (χ1) is 5.75. The second-order valence-electron chi connectivity index (χ2n) is 3.39. The van der Waals surface area contributed by atoms with E-state index in [1.165, 1.54) is 0 Å². The van der Waals surface area contributed by atoms with Crippen LogP contribution >= 0.6 is 0 Å². The van der Waals surface area contributed by atoms with Gasteiger partial charge in [0.1, 0.15) is 0 Å². The molecule has 0 radical (unpaired) electrons. The van der Waals surface area contributed by atoms with Crippen molar-refractivity contribution in [2.45, 2.75) is 32.7 Å². The van der Waals surface area contributed by atoms with Crippen LogP contribution in [-0.4, -0.2) is 36.5 Å². The van der Waals surface area contributed by atoms with Crippen molar-refractivity contribution in [2.75, 3.05) is 19.6 Å². The van der Waals surface area contributed by atoms with Crippen molar-refractivity contribution in [3.05, 3.63) is 0 Å². The summed E-state index contributed by atoms with van der Waals surface area (Å²) in [5, 5.41) is 3.27. The van der Waals surface area contributed by atoms with Gasteiger partial charge in [-0.1, -0.05) is 6.92 Å². The molecule has 0 aromatic carbocycles. The van der Waals surface area contributed by atoms with E-state index in [4.69, 9.17) is 0 Å². The lowest BCUT2D eigenvalue weighted by molar-refractivity contribution is -0.133. The lowest BCUT2D eigenvalue weighted by Crippen LogP contribution is -2.52. The van der Waals surface area contributed by atoms with Crippen molar-refractivity contribution >= 4 is 5.91 Å². The monoisotopic (exact) mass is 170 g/mol. The fourth-order valence-corrected chi connectivity index (χ4v) is 1.57. The topological polar surface area (TPSA) is 32.3 Å². The Morgan fingerprint density at radius 3 is 3.00 bits per heavy atom. The summed E-state index contributed by atoms with van der Waals surface area (Å²) < 4.78 is 0. The van der Waals surface area contributed by atoms with Crippen LogP contribution in [0.1, 0.15) is 26.7 Å². The molecule has 0 aromatic rings. The Balaban J connectivity index is 2.42. The van der Waals surface area contributed by atoms with Gasteiger partial charge in [-0.3, -0.25) is 4.79 Å². The van der Waals surface area contributed by atoms with Crippen LogP contribution in [0.4, 0.5) is 0 Å². The lowest BCUT2D eigenvalue weighted by atomic mass is 10.2. The molecule has 1 aliphatic rings. The number of hydrogen-bond donors (Lipinski definition) is 1. The Labute approximate surface area is 74.1 Å². The summed E-state index contributed by atoms with van der Waals surface area (Å²) in [6.07, 6.45) is 1.65. The third kappa shape index (κ3) is 2.21. The number of hydrogen-bond acceptors (Lipinski definition) is 2. The van der Waals surface area contributed by atoms with E-state index in [9.17, 15) is 4.79 Å². The summed E-state index contributed by atoms with van der Waals surface area (Å²) >= 11 is 0. The minimum Gasteiger partial charge on any atom is -0.337 e. The maximum atomic E-state index is 11.5. The Bertz CT molecular complexity index is 159. The molecule has 1 N–H and O–H groups in total. The van der Waals surface area contributed by atoms with Gasteiger partial charge in [-0.05, 0) is 13.3 Å². The van der Waals surface area contributed by atoms with Gasteiger partial charge in [0.15, 0.2) is 0 Å². The van der Waals surface area contributed by atoms with Crippen LogP contribution in [0, 0.1) is 0 Å². The standard InChI is InChI=1S/C9H18N2O/c1-3-4-9(12)11-6-5-10-7-8(11)2/h8,10H,3-7H2,1-2H3/t8-/m0/s1. The summed E-state index contributed by atoms with van der Waals surface area (Å²) in [6, 6.07) is 0.373. The molecule has 1 fully saturated rings. The number of rotatable bonds is 2. The SMILES string of the molecule is CCCC(=O)N1CCNC[C@@H]1C. The first kappa shape index (κ1) is 9.52. The van der Waals surface area contributed by atoms with E-state index < -0.39 is 0 Å². The highest BCUT2D eigenvalue weighted by Gasteiger charge is 2.21. The average Bonchev–Trinajstić information content (AvgIpc) is 2.05. The zero-order valence-corrected chi connectivity index (χ0v) is 7.97. The fraction of sp³-hybridized carbons (Fsp3) is 0.889. The molecule has 1 amide bonds. The second-order valence-corrected chi connectivity index (χ2v) is 3.39. The summed E-state index contributed by atoms with van der Waals surface area (Å²) in [6.45, 7) is 6.90. The molecule has 0 aromatic heterocycles. The zero-order chi connectivity index (χ0) is 8.97. The predicted molar refractivity (Wildman–Crippen MR) is 49.0 cm³/mol. The quantitative estimate of drug-likeness (QED) is 0.658. The smallest absolute Gasteiger partial charge is 0.222 e. The third-order valence-corrected chi connectivity index (χ3v) is 2.29. The summed E-state index contributed by atoms with van der Waals surface area (Å²) in [4.78, 5) is 13.5. The van der Waals surface area contributed by atoms with E-state index in [1.54, 1.807) is 0 Å². The van der Waals surface area contributed by atoms with Gasteiger partial charge >= 0.3 is 0 Å². The third-order valence-electron chi connectivity index (χ3n) is 2.29. The highest BCUT2D eigenvalue weighted by molar-refractivity contribution is 5.76. The van der Waals surface area contributed by atoms with Gasteiger partial charge in [-0.2, -0.15) is 0 Å². The molecule has 3 heteroatoms. The van der Waals surface area contributed by atoms with E-state index in [2.05, 4.69) is 12.2 Å². The maximum Gasteiger partial charge on any atom is 0.222 e. The minimum absolute atomic E-state index is 0.312. The van der Waals surface area contributed by atoms with Gasteiger partial charge in [0.2, 0.25) is 5.91 Å². The number of nitrogens with zero attached hydrogens (tertiary/aromatic N) is 1. The van der Waals surface area contributed by atoms with Crippen molar-refractivity contribution in [1.29, 1.82) is 0 Å². The number of carbonyl (C=O) groups is 1. The summed E-state index contributed by atoms with van der Waals surface area (Å²) in [5.41, 5.74) is 0. The number of carbonyl (C=O) groups excluding carboxylic acids is 1. The van der Waals surface area contributed by atoms with Crippen molar-refractivity contribution < 1.29 is 4.79 Å². The molecule has 0 bridgehead atoms. The zero-order valence-electron chi connectivity index (χ0n) is 7.97. The van der Waals surface area contributed by atoms with Gasteiger partial charge in [0, 0.05) is 32.1 Å². The van der Waals surface area contributed by atoms with Crippen LogP contribution in [0.25, 0.3) is 0 Å². The fourth-order valence-electron chi connectivity index (χ4n) is 1.57. The van der Waals surface area contributed by atoms with Crippen LogP contribution in [0.2, 0.25) is 0 Å². The highest BCUT2D eigenvalue weighted by Crippen LogP contribution is 2.05. The molecule has 1 heterocycles. The molecule has 1 saturated heterocycles. The van der Waals surface area contributed by atoms with Gasteiger partial charge in [0.05, 0.1) is 0 Å².